The molecule has 3 N–H and O–H groups in total. The highest BCUT2D eigenvalue weighted by atomic mass is 32.1. The van der Waals surface area contributed by atoms with E-state index in [1.54, 1.807) is 35.9 Å². The predicted octanol–water partition coefficient (Wildman–Crippen LogP) is 1.09. The van der Waals surface area contributed by atoms with E-state index in [1.807, 2.05) is 6.92 Å². The third-order valence-corrected chi connectivity index (χ3v) is 3.31. The summed E-state index contributed by atoms with van der Waals surface area (Å²) < 4.78 is 0. The van der Waals surface area contributed by atoms with Crippen LogP contribution >= 0.6 is 11.3 Å². The summed E-state index contributed by atoms with van der Waals surface area (Å²) >= 11 is 1.56. The summed E-state index contributed by atoms with van der Waals surface area (Å²) in [6.45, 7) is 2.69. The van der Waals surface area contributed by atoms with Crippen molar-refractivity contribution >= 4 is 17.2 Å². The van der Waals surface area contributed by atoms with Crippen LogP contribution in [-0.2, 0) is 6.54 Å². The summed E-state index contributed by atoms with van der Waals surface area (Å²) in [7, 11) is 0. The smallest absolute Gasteiger partial charge is 0.270 e. The second-order valence-corrected chi connectivity index (χ2v) is 5.30. The van der Waals surface area contributed by atoms with Gasteiger partial charge in [-0.2, -0.15) is 0 Å². The molecule has 2 heterocycles. The summed E-state index contributed by atoms with van der Waals surface area (Å²) in [6.07, 6.45) is 3.35. The van der Waals surface area contributed by atoms with Gasteiger partial charge in [-0.05, 0) is 19.1 Å². The van der Waals surface area contributed by atoms with Crippen molar-refractivity contribution in [2.45, 2.75) is 13.5 Å². The van der Waals surface area contributed by atoms with Gasteiger partial charge in [0, 0.05) is 22.8 Å². The molecule has 0 saturated carbocycles. The number of aromatic nitrogens is 2. The van der Waals surface area contributed by atoms with Gasteiger partial charge in [0.05, 0.1) is 13.1 Å². The first kappa shape index (κ1) is 14.2. The van der Waals surface area contributed by atoms with E-state index in [4.69, 9.17) is 5.73 Å². The summed E-state index contributed by atoms with van der Waals surface area (Å²) in [4.78, 5) is 21.3. The van der Waals surface area contributed by atoms with Gasteiger partial charge in [0.25, 0.3) is 5.91 Å². The number of rotatable bonds is 3. The monoisotopic (exact) mass is 286 g/mol. The van der Waals surface area contributed by atoms with Crippen molar-refractivity contribution in [3.63, 3.8) is 0 Å². The van der Waals surface area contributed by atoms with Crippen LogP contribution in [0.25, 0.3) is 0 Å². The van der Waals surface area contributed by atoms with E-state index >= 15 is 0 Å². The molecule has 0 aliphatic carbocycles. The second kappa shape index (κ2) is 6.80. The number of amides is 1. The normalized spacial score (nSPS) is 9.70. The number of nitrogens with one attached hydrogen (secondary N) is 1. The average Bonchev–Trinajstić information content (AvgIpc) is 2.89. The van der Waals surface area contributed by atoms with E-state index in [0.29, 0.717) is 18.8 Å². The number of pyridine rings is 1. The number of nitrogens with two attached hydrogens (primary N) is 1. The Labute approximate surface area is 121 Å². The fraction of sp³-hybridized carbons (Fsp3) is 0.214. The zero-order valence-corrected chi connectivity index (χ0v) is 11.8. The Balaban J connectivity index is 1.95. The van der Waals surface area contributed by atoms with E-state index in [0.717, 1.165) is 15.4 Å². The van der Waals surface area contributed by atoms with Crippen LogP contribution in [0.5, 0.6) is 0 Å². The van der Waals surface area contributed by atoms with Crippen LogP contribution in [-0.4, -0.2) is 22.4 Å². The molecule has 2 rings (SSSR count). The van der Waals surface area contributed by atoms with E-state index < -0.39 is 0 Å². The second-order valence-electron chi connectivity index (χ2n) is 3.99. The van der Waals surface area contributed by atoms with Gasteiger partial charge >= 0.3 is 0 Å². The largest absolute Gasteiger partial charge is 0.344 e. The van der Waals surface area contributed by atoms with Crippen LogP contribution in [0.1, 0.15) is 25.9 Å². The molecule has 0 atom stereocenters. The number of thiazole rings is 1. The predicted molar refractivity (Wildman–Crippen MR) is 78.2 cm³/mol. The summed E-state index contributed by atoms with van der Waals surface area (Å²) in [5.41, 5.74) is 6.38. The van der Waals surface area contributed by atoms with Gasteiger partial charge in [-0.15, -0.1) is 11.3 Å². The maximum Gasteiger partial charge on any atom is 0.270 e. The van der Waals surface area contributed by atoms with E-state index in [-0.39, 0.29) is 5.91 Å². The van der Waals surface area contributed by atoms with Gasteiger partial charge in [0.2, 0.25) is 0 Å². The molecule has 0 radical (unpaired) electrons. The van der Waals surface area contributed by atoms with E-state index in [2.05, 4.69) is 27.1 Å². The molecule has 20 heavy (non-hydrogen) atoms. The van der Waals surface area contributed by atoms with Crippen molar-refractivity contribution in [3.05, 3.63) is 45.7 Å². The number of hydrogen-bond acceptors (Lipinski definition) is 5. The van der Waals surface area contributed by atoms with Crippen LogP contribution in [0.3, 0.4) is 0 Å². The number of aryl methyl sites for hydroxylation is 1. The van der Waals surface area contributed by atoms with Crippen molar-refractivity contribution in [1.82, 2.24) is 15.3 Å². The Morgan fingerprint density at radius 1 is 1.40 bits per heavy atom. The quantitative estimate of drug-likeness (QED) is 0.828. The van der Waals surface area contributed by atoms with Crippen molar-refractivity contribution in [2.75, 3.05) is 6.54 Å². The molecule has 2 aromatic rings. The highest BCUT2D eigenvalue weighted by molar-refractivity contribution is 7.11. The van der Waals surface area contributed by atoms with Gasteiger partial charge in [-0.1, -0.05) is 11.8 Å². The molecule has 6 heteroatoms. The maximum atomic E-state index is 11.9. The molecule has 0 spiro atoms. The Kier molecular flexibility index (Phi) is 4.82. The van der Waals surface area contributed by atoms with Crippen molar-refractivity contribution in [1.29, 1.82) is 0 Å². The number of hydrogen-bond donors (Lipinski definition) is 2. The molecular weight excluding hydrogens is 272 g/mol. The molecule has 0 saturated heterocycles. The van der Waals surface area contributed by atoms with Crippen molar-refractivity contribution in [2.24, 2.45) is 5.73 Å². The number of nitrogens with zero attached hydrogens (tertiary/aromatic N) is 2. The first-order chi connectivity index (χ1) is 9.69. The molecule has 0 aromatic carbocycles. The minimum absolute atomic E-state index is 0.226. The average molecular weight is 286 g/mol. The lowest BCUT2D eigenvalue weighted by atomic mass is 10.2. The first-order valence-corrected chi connectivity index (χ1v) is 6.85. The highest BCUT2D eigenvalue weighted by Crippen LogP contribution is 2.10. The molecule has 0 unspecified atom stereocenters. The standard InChI is InChI=1S/C14H14N4OS/c1-10-7-17-13(20-10)9-18-14(19)12-5-4-11(8-16-12)3-2-6-15/h4-5,7-8H,6,9,15H2,1H3,(H,18,19). The molecule has 2 aromatic heterocycles. The minimum atomic E-state index is -0.226. The summed E-state index contributed by atoms with van der Waals surface area (Å²) in [5.74, 6) is 5.36. The lowest BCUT2D eigenvalue weighted by Crippen LogP contribution is -2.23. The summed E-state index contributed by atoms with van der Waals surface area (Å²) in [5, 5.41) is 3.66. The molecule has 0 aliphatic heterocycles. The third kappa shape index (κ3) is 3.88. The first-order valence-electron chi connectivity index (χ1n) is 6.03. The number of carbonyl (C=O) groups excluding carboxylic acids is 1. The lowest BCUT2D eigenvalue weighted by Gasteiger charge is -2.02. The van der Waals surface area contributed by atoms with Crippen LogP contribution in [0.15, 0.2) is 24.5 Å². The third-order valence-electron chi connectivity index (χ3n) is 2.40. The Morgan fingerprint density at radius 3 is 2.85 bits per heavy atom. The molecule has 0 aliphatic rings. The zero-order chi connectivity index (χ0) is 14.4. The van der Waals surface area contributed by atoms with E-state index in [9.17, 15) is 4.79 Å². The minimum Gasteiger partial charge on any atom is -0.344 e. The van der Waals surface area contributed by atoms with Crippen LogP contribution in [0, 0.1) is 18.8 Å². The van der Waals surface area contributed by atoms with Crippen molar-refractivity contribution in [3.8, 4) is 11.8 Å². The SMILES string of the molecule is Cc1cnc(CNC(=O)c2ccc(C#CCN)cn2)s1. The molecule has 1 amide bonds. The molecular formula is C14H14N4OS. The highest BCUT2D eigenvalue weighted by Gasteiger charge is 2.07. The fourth-order valence-electron chi connectivity index (χ4n) is 1.48. The molecule has 5 nitrogen and oxygen atoms in total. The van der Waals surface area contributed by atoms with Crippen LogP contribution < -0.4 is 11.1 Å². The van der Waals surface area contributed by atoms with Gasteiger partial charge in [-0.3, -0.25) is 4.79 Å². The Morgan fingerprint density at radius 2 is 2.25 bits per heavy atom. The maximum absolute atomic E-state index is 11.9. The van der Waals surface area contributed by atoms with Gasteiger partial charge < -0.3 is 11.1 Å². The van der Waals surface area contributed by atoms with Gasteiger partial charge in [0.15, 0.2) is 0 Å². The lowest BCUT2D eigenvalue weighted by molar-refractivity contribution is 0.0946. The van der Waals surface area contributed by atoms with E-state index in [1.165, 1.54) is 0 Å². The Bertz CT molecular complexity index is 652. The fourth-order valence-corrected chi connectivity index (χ4v) is 2.21. The topological polar surface area (TPSA) is 80.9 Å². The van der Waals surface area contributed by atoms with Crippen LogP contribution in [0.2, 0.25) is 0 Å². The van der Waals surface area contributed by atoms with Gasteiger partial charge in [-0.25, -0.2) is 9.97 Å². The summed E-state index contributed by atoms with van der Waals surface area (Å²) in [6, 6.07) is 3.39. The number of carbonyl (C=O) groups is 1. The van der Waals surface area contributed by atoms with Crippen LogP contribution in [0.4, 0.5) is 0 Å². The zero-order valence-electron chi connectivity index (χ0n) is 11.0. The molecule has 0 fully saturated rings. The molecule has 0 bridgehead atoms. The van der Waals surface area contributed by atoms with Crippen molar-refractivity contribution < 1.29 is 4.79 Å². The van der Waals surface area contributed by atoms with Gasteiger partial charge in [0.1, 0.15) is 10.7 Å². The Hall–Kier alpha value is -2.23. The molecule has 102 valence electrons.